The van der Waals surface area contributed by atoms with E-state index in [9.17, 15) is 19.2 Å². The molecule has 2 fully saturated rings. The first-order valence-electron chi connectivity index (χ1n) is 7.66. The van der Waals surface area contributed by atoms with Crippen LogP contribution in [0.2, 0.25) is 0 Å². The number of amides is 4. The summed E-state index contributed by atoms with van der Waals surface area (Å²) in [5.74, 6) is -2.23. The Morgan fingerprint density at radius 1 is 0.792 bits per heavy atom. The summed E-state index contributed by atoms with van der Waals surface area (Å²) in [5.41, 5.74) is 11.8. The molecule has 126 valence electrons. The van der Waals surface area contributed by atoms with Gasteiger partial charge in [-0.05, 0) is 24.3 Å². The maximum absolute atomic E-state index is 12.0. The van der Waals surface area contributed by atoms with Gasteiger partial charge in [0.25, 0.3) is 0 Å². The number of primary amides is 2. The van der Waals surface area contributed by atoms with Gasteiger partial charge in [-0.15, -0.1) is 0 Å². The topological polar surface area (TPSA) is 127 Å². The highest BCUT2D eigenvalue weighted by atomic mass is 16.2. The number of carbonyl (C=O) groups is 4. The summed E-state index contributed by atoms with van der Waals surface area (Å²) < 4.78 is 0. The number of anilines is 2. The van der Waals surface area contributed by atoms with Gasteiger partial charge < -0.3 is 21.3 Å². The highest BCUT2D eigenvalue weighted by Gasteiger charge is 2.35. The average Bonchev–Trinajstić information content (AvgIpc) is 3.11. The Bertz CT molecular complexity index is 654. The van der Waals surface area contributed by atoms with Crippen molar-refractivity contribution in [1.29, 1.82) is 0 Å². The Hall–Kier alpha value is -2.90. The molecule has 2 heterocycles. The molecule has 3 rings (SSSR count). The lowest BCUT2D eigenvalue weighted by atomic mass is 10.1. The van der Waals surface area contributed by atoms with Crippen LogP contribution in [0.3, 0.4) is 0 Å². The van der Waals surface area contributed by atoms with Gasteiger partial charge >= 0.3 is 0 Å². The summed E-state index contributed by atoms with van der Waals surface area (Å²) in [4.78, 5) is 49.5. The first kappa shape index (κ1) is 16.0. The SMILES string of the molecule is NC(=O)C1CC(=O)N(c2ccc(N3CC(C(N)=O)CC3=O)cc2)C1. The standard InChI is InChI=1S/C16H18N4O4/c17-15(23)9-5-13(21)19(7-9)11-1-2-12(4-3-11)20-8-10(16(18)24)6-14(20)22/h1-4,9-10H,5-8H2,(H2,17,23)(H2,18,24). The lowest BCUT2D eigenvalue weighted by molar-refractivity contribution is -0.123. The van der Waals surface area contributed by atoms with Crippen LogP contribution in [0.25, 0.3) is 0 Å². The molecule has 0 aromatic heterocycles. The number of hydrogen-bond donors (Lipinski definition) is 2. The maximum Gasteiger partial charge on any atom is 0.227 e. The quantitative estimate of drug-likeness (QED) is 0.761. The molecule has 2 aliphatic rings. The molecule has 1 aromatic rings. The minimum absolute atomic E-state index is 0.113. The number of carbonyl (C=O) groups excluding carboxylic acids is 4. The van der Waals surface area contributed by atoms with E-state index in [-0.39, 0.29) is 37.7 Å². The molecule has 0 radical (unpaired) electrons. The smallest absolute Gasteiger partial charge is 0.227 e. The number of rotatable bonds is 4. The van der Waals surface area contributed by atoms with Gasteiger partial charge in [-0.1, -0.05) is 0 Å². The van der Waals surface area contributed by atoms with Crippen molar-refractivity contribution >= 4 is 35.0 Å². The summed E-state index contributed by atoms with van der Waals surface area (Å²) >= 11 is 0. The zero-order valence-corrected chi connectivity index (χ0v) is 13.0. The van der Waals surface area contributed by atoms with Gasteiger partial charge in [0.2, 0.25) is 23.6 Å². The monoisotopic (exact) mass is 330 g/mol. The Morgan fingerprint density at radius 2 is 1.12 bits per heavy atom. The molecule has 4 amide bonds. The van der Waals surface area contributed by atoms with E-state index in [0.29, 0.717) is 11.4 Å². The predicted molar refractivity (Wildman–Crippen MR) is 85.8 cm³/mol. The van der Waals surface area contributed by atoms with Crippen molar-refractivity contribution in [3.63, 3.8) is 0 Å². The molecule has 0 bridgehead atoms. The van der Waals surface area contributed by atoms with E-state index in [4.69, 9.17) is 11.5 Å². The zero-order valence-electron chi connectivity index (χ0n) is 13.0. The minimum atomic E-state index is -0.484. The molecule has 1 aromatic carbocycles. The van der Waals surface area contributed by atoms with Gasteiger partial charge in [-0.3, -0.25) is 19.2 Å². The number of nitrogens with zero attached hydrogens (tertiary/aromatic N) is 2. The molecular weight excluding hydrogens is 312 g/mol. The van der Waals surface area contributed by atoms with Crippen LogP contribution in [-0.2, 0) is 19.2 Å². The molecular formula is C16H18N4O4. The predicted octanol–water partition coefficient (Wildman–Crippen LogP) is -0.637. The van der Waals surface area contributed by atoms with E-state index >= 15 is 0 Å². The number of nitrogens with two attached hydrogens (primary N) is 2. The second-order valence-corrected chi connectivity index (χ2v) is 6.13. The third-order valence-corrected chi connectivity index (χ3v) is 4.53. The van der Waals surface area contributed by atoms with Gasteiger partial charge in [0.15, 0.2) is 0 Å². The molecule has 2 aliphatic heterocycles. The van der Waals surface area contributed by atoms with E-state index in [0.717, 1.165) is 0 Å². The normalized spacial score (nSPS) is 23.8. The molecule has 2 unspecified atom stereocenters. The van der Waals surface area contributed by atoms with Gasteiger partial charge in [0.1, 0.15) is 0 Å². The van der Waals surface area contributed by atoms with Crippen molar-refractivity contribution in [2.45, 2.75) is 12.8 Å². The first-order chi connectivity index (χ1) is 11.4. The van der Waals surface area contributed by atoms with Crippen LogP contribution in [0.5, 0.6) is 0 Å². The average molecular weight is 330 g/mol. The Balaban J connectivity index is 1.75. The van der Waals surface area contributed by atoms with E-state index in [1.807, 2.05) is 0 Å². The van der Waals surface area contributed by atoms with Gasteiger partial charge in [-0.2, -0.15) is 0 Å². The molecule has 0 aliphatic carbocycles. The van der Waals surface area contributed by atoms with E-state index in [1.54, 1.807) is 24.3 Å². The van der Waals surface area contributed by atoms with E-state index in [1.165, 1.54) is 9.80 Å². The second kappa shape index (κ2) is 5.95. The Kier molecular flexibility index (Phi) is 3.96. The van der Waals surface area contributed by atoms with Crippen LogP contribution in [0.1, 0.15) is 12.8 Å². The Labute approximate surface area is 138 Å². The van der Waals surface area contributed by atoms with Crippen molar-refractivity contribution in [1.82, 2.24) is 0 Å². The lowest BCUT2D eigenvalue weighted by Crippen LogP contribution is -2.29. The van der Waals surface area contributed by atoms with Gasteiger partial charge in [0.05, 0.1) is 11.8 Å². The fraction of sp³-hybridized carbons (Fsp3) is 0.375. The molecule has 0 spiro atoms. The highest BCUT2D eigenvalue weighted by Crippen LogP contribution is 2.29. The van der Waals surface area contributed by atoms with E-state index < -0.39 is 23.7 Å². The fourth-order valence-corrected chi connectivity index (χ4v) is 3.11. The largest absolute Gasteiger partial charge is 0.369 e. The van der Waals surface area contributed by atoms with Gasteiger partial charge in [-0.25, -0.2) is 0 Å². The summed E-state index contributed by atoms with van der Waals surface area (Å²) in [6, 6.07) is 6.84. The lowest BCUT2D eigenvalue weighted by Gasteiger charge is -2.20. The molecule has 8 nitrogen and oxygen atoms in total. The van der Waals surface area contributed by atoms with Crippen molar-refractivity contribution in [2.24, 2.45) is 23.3 Å². The molecule has 4 N–H and O–H groups in total. The summed E-state index contributed by atoms with van der Waals surface area (Å²) in [6.07, 6.45) is 0.226. The third kappa shape index (κ3) is 2.82. The maximum atomic E-state index is 12.0. The number of benzene rings is 1. The van der Waals surface area contributed by atoms with Crippen molar-refractivity contribution in [3.8, 4) is 0 Å². The second-order valence-electron chi connectivity index (χ2n) is 6.13. The minimum Gasteiger partial charge on any atom is -0.369 e. The van der Waals surface area contributed by atoms with Crippen LogP contribution in [0.4, 0.5) is 11.4 Å². The van der Waals surface area contributed by atoms with Crippen LogP contribution in [-0.4, -0.2) is 36.7 Å². The molecule has 24 heavy (non-hydrogen) atoms. The van der Waals surface area contributed by atoms with Crippen LogP contribution in [0.15, 0.2) is 24.3 Å². The van der Waals surface area contributed by atoms with Crippen LogP contribution < -0.4 is 21.3 Å². The van der Waals surface area contributed by atoms with Crippen LogP contribution in [0, 0.1) is 11.8 Å². The zero-order chi connectivity index (χ0) is 17.4. The Morgan fingerprint density at radius 3 is 1.38 bits per heavy atom. The van der Waals surface area contributed by atoms with Crippen molar-refractivity contribution in [2.75, 3.05) is 22.9 Å². The molecule has 0 saturated carbocycles. The molecule has 2 atom stereocenters. The highest BCUT2D eigenvalue weighted by molar-refractivity contribution is 6.02. The van der Waals surface area contributed by atoms with Crippen molar-refractivity contribution < 1.29 is 19.2 Å². The number of hydrogen-bond acceptors (Lipinski definition) is 4. The molecule has 2 saturated heterocycles. The summed E-state index contributed by atoms with van der Waals surface area (Å²) in [6.45, 7) is 0.528. The summed E-state index contributed by atoms with van der Waals surface area (Å²) in [5, 5.41) is 0. The fourth-order valence-electron chi connectivity index (χ4n) is 3.11. The first-order valence-corrected chi connectivity index (χ1v) is 7.66. The van der Waals surface area contributed by atoms with Gasteiger partial charge in [0, 0.05) is 37.3 Å². The summed E-state index contributed by atoms with van der Waals surface area (Å²) in [7, 11) is 0. The van der Waals surface area contributed by atoms with Crippen LogP contribution >= 0.6 is 0 Å². The third-order valence-electron chi connectivity index (χ3n) is 4.53. The molecule has 8 heteroatoms. The van der Waals surface area contributed by atoms with Crippen molar-refractivity contribution in [3.05, 3.63) is 24.3 Å². The van der Waals surface area contributed by atoms with E-state index in [2.05, 4.69) is 0 Å².